The van der Waals surface area contributed by atoms with Gasteiger partial charge in [-0.05, 0) is 36.6 Å². The summed E-state index contributed by atoms with van der Waals surface area (Å²) in [5.41, 5.74) is 2.82. The number of phenols is 1. The van der Waals surface area contributed by atoms with Crippen LogP contribution >= 0.6 is 11.3 Å². The van der Waals surface area contributed by atoms with E-state index in [-0.39, 0.29) is 11.8 Å². The molecule has 3 heterocycles. The van der Waals surface area contributed by atoms with Crippen molar-refractivity contribution in [2.75, 3.05) is 6.61 Å². The van der Waals surface area contributed by atoms with E-state index in [0.717, 1.165) is 28.3 Å². The van der Waals surface area contributed by atoms with Crippen molar-refractivity contribution in [3.8, 4) is 17.2 Å². The second-order valence-electron chi connectivity index (χ2n) is 6.76. The fourth-order valence-electron chi connectivity index (χ4n) is 3.84. The molecule has 0 amide bonds. The first kappa shape index (κ1) is 17.1. The lowest BCUT2D eigenvalue weighted by molar-refractivity contribution is -0.0205. The summed E-state index contributed by atoms with van der Waals surface area (Å²) >= 11 is 1.69. The van der Waals surface area contributed by atoms with Gasteiger partial charge >= 0.3 is 0 Å². The maximum atomic E-state index is 10.8. The van der Waals surface area contributed by atoms with Crippen molar-refractivity contribution in [1.82, 2.24) is 5.01 Å². The molecule has 0 saturated heterocycles. The minimum atomic E-state index is -0.516. The molecule has 1 N–H and O–H groups in total. The van der Waals surface area contributed by atoms with Crippen LogP contribution in [0.3, 0.4) is 0 Å². The van der Waals surface area contributed by atoms with E-state index in [9.17, 15) is 5.11 Å². The highest BCUT2D eigenvalue weighted by Gasteiger charge is 2.42. The average molecular weight is 392 g/mol. The molecule has 0 radical (unpaired) electrons. The molecule has 142 valence electrons. The van der Waals surface area contributed by atoms with Crippen LogP contribution in [0, 0.1) is 0 Å². The lowest BCUT2D eigenvalue weighted by Crippen LogP contribution is -2.33. The van der Waals surface area contributed by atoms with E-state index < -0.39 is 6.23 Å². The molecule has 28 heavy (non-hydrogen) atoms. The van der Waals surface area contributed by atoms with Gasteiger partial charge in [-0.15, -0.1) is 11.3 Å². The number of aromatic hydroxyl groups is 1. The van der Waals surface area contributed by atoms with Crippen molar-refractivity contribution in [2.24, 2.45) is 5.10 Å². The summed E-state index contributed by atoms with van der Waals surface area (Å²) in [5, 5.41) is 19.8. The summed E-state index contributed by atoms with van der Waals surface area (Å²) in [6, 6.07) is 17.8. The first-order valence-electron chi connectivity index (χ1n) is 9.36. The third-order valence-electron chi connectivity index (χ3n) is 5.10. The Labute approximate surface area is 167 Å². The van der Waals surface area contributed by atoms with Gasteiger partial charge in [-0.25, -0.2) is 5.01 Å². The van der Waals surface area contributed by atoms with Gasteiger partial charge in [0.2, 0.25) is 6.23 Å². The predicted octanol–water partition coefficient (Wildman–Crippen LogP) is 5.09. The number of ether oxygens (including phenoxy) is 2. The van der Waals surface area contributed by atoms with Gasteiger partial charge in [0.25, 0.3) is 0 Å². The van der Waals surface area contributed by atoms with Gasteiger partial charge in [-0.3, -0.25) is 0 Å². The monoisotopic (exact) mass is 392 g/mol. The summed E-state index contributed by atoms with van der Waals surface area (Å²) in [4.78, 5) is 1.16. The van der Waals surface area contributed by atoms with Crippen LogP contribution in [0.5, 0.6) is 17.2 Å². The summed E-state index contributed by atoms with van der Waals surface area (Å²) in [7, 11) is 0. The number of nitrogens with zero attached hydrogens (tertiary/aromatic N) is 2. The van der Waals surface area contributed by atoms with Crippen LogP contribution in [-0.4, -0.2) is 22.4 Å². The van der Waals surface area contributed by atoms with E-state index >= 15 is 0 Å². The van der Waals surface area contributed by atoms with Gasteiger partial charge in [-0.2, -0.15) is 5.10 Å². The smallest absolute Gasteiger partial charge is 0.217 e. The maximum Gasteiger partial charge on any atom is 0.217 e. The zero-order valence-corrected chi connectivity index (χ0v) is 16.2. The maximum absolute atomic E-state index is 10.8. The third-order valence-corrected chi connectivity index (χ3v) is 6.02. The highest BCUT2D eigenvalue weighted by atomic mass is 32.1. The van der Waals surface area contributed by atoms with Crippen LogP contribution in [0.1, 0.15) is 41.6 Å². The third kappa shape index (κ3) is 2.72. The van der Waals surface area contributed by atoms with Crippen molar-refractivity contribution < 1.29 is 14.6 Å². The second kappa shape index (κ2) is 6.87. The quantitative estimate of drug-likeness (QED) is 0.672. The molecular formula is C22H20N2O3S. The fourth-order valence-corrected chi connectivity index (χ4v) is 4.56. The SMILES string of the molecule is CCOc1cccc([C@H]2Oc3ccccc3[C@@H]3CC(c4cccs4)=NN23)c1O. The Kier molecular flexibility index (Phi) is 4.20. The number of para-hydroxylation sites is 2. The van der Waals surface area contributed by atoms with E-state index in [0.29, 0.717) is 17.9 Å². The number of phenolic OH excluding ortho intramolecular Hbond substituents is 1. The Morgan fingerprint density at radius 3 is 2.82 bits per heavy atom. The first-order valence-corrected chi connectivity index (χ1v) is 10.2. The second-order valence-corrected chi connectivity index (χ2v) is 7.71. The number of benzene rings is 2. The molecule has 0 fully saturated rings. The Bertz CT molecular complexity index is 1030. The fraction of sp³-hybridized carbons (Fsp3) is 0.227. The summed E-state index contributed by atoms with van der Waals surface area (Å²) < 4.78 is 11.9. The molecule has 1 aromatic heterocycles. The van der Waals surface area contributed by atoms with Crippen molar-refractivity contribution in [3.05, 3.63) is 76.0 Å². The molecule has 2 aliphatic rings. The van der Waals surface area contributed by atoms with Crippen molar-refractivity contribution in [1.29, 1.82) is 0 Å². The van der Waals surface area contributed by atoms with Gasteiger partial charge < -0.3 is 14.6 Å². The molecule has 5 nitrogen and oxygen atoms in total. The topological polar surface area (TPSA) is 54.3 Å². The van der Waals surface area contributed by atoms with Crippen LogP contribution < -0.4 is 9.47 Å². The van der Waals surface area contributed by atoms with E-state index in [2.05, 4.69) is 17.5 Å². The minimum absolute atomic E-state index is 0.0715. The Balaban J connectivity index is 1.61. The Morgan fingerprint density at radius 2 is 2.00 bits per heavy atom. The summed E-state index contributed by atoms with van der Waals surface area (Å²) in [6.45, 7) is 2.38. The molecule has 0 bridgehead atoms. The molecule has 3 aromatic rings. The molecule has 0 saturated carbocycles. The molecule has 5 rings (SSSR count). The number of hydrogen-bond donors (Lipinski definition) is 1. The van der Waals surface area contributed by atoms with Crippen LogP contribution in [0.25, 0.3) is 0 Å². The van der Waals surface area contributed by atoms with E-state index in [1.807, 2.05) is 48.3 Å². The highest BCUT2D eigenvalue weighted by molar-refractivity contribution is 7.12. The van der Waals surface area contributed by atoms with Gasteiger partial charge in [0.1, 0.15) is 5.75 Å². The van der Waals surface area contributed by atoms with Crippen molar-refractivity contribution >= 4 is 17.0 Å². The zero-order valence-electron chi connectivity index (χ0n) is 15.4. The molecule has 2 aromatic carbocycles. The van der Waals surface area contributed by atoms with Gasteiger partial charge in [0.15, 0.2) is 11.5 Å². The average Bonchev–Trinajstić information content (AvgIpc) is 3.39. The molecule has 0 aliphatic carbocycles. The predicted molar refractivity (Wildman–Crippen MR) is 109 cm³/mol. The summed E-state index contributed by atoms with van der Waals surface area (Å²) in [5.74, 6) is 1.39. The first-order chi connectivity index (χ1) is 13.8. The lowest BCUT2D eigenvalue weighted by Gasteiger charge is -2.38. The van der Waals surface area contributed by atoms with E-state index in [1.165, 1.54) is 0 Å². The van der Waals surface area contributed by atoms with Gasteiger partial charge in [0, 0.05) is 12.0 Å². The normalized spacial score (nSPS) is 20.2. The number of hydrogen-bond acceptors (Lipinski definition) is 6. The number of thiophene rings is 1. The zero-order chi connectivity index (χ0) is 19.1. The van der Waals surface area contributed by atoms with E-state index in [4.69, 9.17) is 14.6 Å². The molecule has 0 unspecified atom stereocenters. The summed E-state index contributed by atoms with van der Waals surface area (Å²) in [6.07, 6.45) is 0.293. The molecular weight excluding hydrogens is 372 g/mol. The molecule has 2 aliphatic heterocycles. The number of hydrazone groups is 1. The Hall–Kier alpha value is -2.99. The number of fused-ring (bicyclic) bond motifs is 3. The molecule has 0 spiro atoms. The molecule has 2 atom stereocenters. The largest absolute Gasteiger partial charge is 0.504 e. The highest BCUT2D eigenvalue weighted by Crippen LogP contribution is 2.49. The van der Waals surface area contributed by atoms with Crippen molar-refractivity contribution in [2.45, 2.75) is 25.6 Å². The van der Waals surface area contributed by atoms with Gasteiger partial charge in [-0.1, -0.05) is 30.3 Å². The van der Waals surface area contributed by atoms with Crippen molar-refractivity contribution in [3.63, 3.8) is 0 Å². The van der Waals surface area contributed by atoms with Crippen LogP contribution in [-0.2, 0) is 0 Å². The standard InChI is InChI=1S/C22H20N2O3S/c1-2-26-19-10-5-8-15(21(19)25)22-24-17(14-7-3-4-9-18(14)27-22)13-16(23-24)20-11-6-12-28-20/h3-12,17,22,25H,2,13H2,1H3/t17-,22+/m0/s1. The Morgan fingerprint density at radius 1 is 1.14 bits per heavy atom. The van der Waals surface area contributed by atoms with E-state index in [1.54, 1.807) is 17.4 Å². The van der Waals surface area contributed by atoms with Crippen LogP contribution in [0.2, 0.25) is 0 Å². The lowest BCUT2D eigenvalue weighted by atomic mass is 9.97. The molecule has 6 heteroatoms. The van der Waals surface area contributed by atoms with Crippen LogP contribution in [0.15, 0.2) is 65.1 Å². The minimum Gasteiger partial charge on any atom is -0.504 e. The van der Waals surface area contributed by atoms with Crippen LogP contribution in [0.4, 0.5) is 0 Å². The van der Waals surface area contributed by atoms with Gasteiger partial charge in [0.05, 0.1) is 28.8 Å². The number of rotatable bonds is 4.